The first kappa shape index (κ1) is 14.4. The molecule has 0 radical (unpaired) electrons. The zero-order chi connectivity index (χ0) is 13.7. The van der Waals surface area contributed by atoms with Crippen LogP contribution in [0.2, 0.25) is 0 Å². The van der Waals surface area contributed by atoms with Crippen molar-refractivity contribution in [1.82, 2.24) is 5.32 Å². The second kappa shape index (κ2) is 6.95. The van der Waals surface area contributed by atoms with Gasteiger partial charge < -0.3 is 10.2 Å². The SMILES string of the molecule is CCCC(CNCC)N1CCCc2cc(C)ccc21. The van der Waals surface area contributed by atoms with Gasteiger partial charge in [0.2, 0.25) is 0 Å². The van der Waals surface area contributed by atoms with Gasteiger partial charge in [-0.3, -0.25) is 0 Å². The van der Waals surface area contributed by atoms with Crippen LogP contribution in [0.5, 0.6) is 0 Å². The van der Waals surface area contributed by atoms with Crippen LogP contribution in [0, 0.1) is 6.92 Å². The summed E-state index contributed by atoms with van der Waals surface area (Å²) in [6.07, 6.45) is 5.07. The van der Waals surface area contributed by atoms with E-state index in [1.165, 1.54) is 43.5 Å². The number of fused-ring (bicyclic) bond motifs is 1. The van der Waals surface area contributed by atoms with Crippen LogP contribution in [-0.2, 0) is 6.42 Å². The molecule has 1 aliphatic rings. The first-order valence-corrected chi connectivity index (χ1v) is 7.83. The van der Waals surface area contributed by atoms with Gasteiger partial charge in [-0.15, -0.1) is 0 Å². The number of benzene rings is 1. The molecular weight excluding hydrogens is 232 g/mol. The largest absolute Gasteiger partial charge is 0.367 e. The standard InChI is InChI=1S/C17H28N2/c1-4-7-16(13-18-5-2)19-11-6-8-15-12-14(3)9-10-17(15)19/h9-10,12,16,18H,4-8,11,13H2,1-3H3. The highest BCUT2D eigenvalue weighted by atomic mass is 15.2. The molecule has 106 valence electrons. The molecule has 2 nitrogen and oxygen atoms in total. The average Bonchev–Trinajstić information content (AvgIpc) is 2.42. The highest BCUT2D eigenvalue weighted by Gasteiger charge is 2.23. The third kappa shape index (κ3) is 3.50. The molecule has 0 fully saturated rings. The van der Waals surface area contributed by atoms with Crippen molar-refractivity contribution < 1.29 is 0 Å². The number of hydrogen-bond donors (Lipinski definition) is 1. The van der Waals surface area contributed by atoms with Gasteiger partial charge in [0, 0.05) is 24.8 Å². The Morgan fingerprint density at radius 2 is 2.16 bits per heavy atom. The van der Waals surface area contributed by atoms with E-state index in [0.29, 0.717) is 6.04 Å². The molecule has 0 amide bonds. The molecule has 0 saturated carbocycles. The van der Waals surface area contributed by atoms with Gasteiger partial charge in [-0.25, -0.2) is 0 Å². The van der Waals surface area contributed by atoms with E-state index in [-0.39, 0.29) is 0 Å². The Morgan fingerprint density at radius 1 is 1.32 bits per heavy atom. The molecule has 2 rings (SSSR count). The molecule has 19 heavy (non-hydrogen) atoms. The minimum atomic E-state index is 0.645. The summed E-state index contributed by atoms with van der Waals surface area (Å²) in [7, 11) is 0. The summed E-state index contributed by atoms with van der Waals surface area (Å²) >= 11 is 0. The summed E-state index contributed by atoms with van der Waals surface area (Å²) in [5.41, 5.74) is 4.41. The Kier molecular flexibility index (Phi) is 5.26. The lowest BCUT2D eigenvalue weighted by Crippen LogP contribution is -2.45. The average molecular weight is 260 g/mol. The summed E-state index contributed by atoms with van der Waals surface area (Å²) in [6, 6.07) is 7.61. The van der Waals surface area contributed by atoms with Crippen molar-refractivity contribution in [3.63, 3.8) is 0 Å². The second-order valence-electron chi connectivity index (χ2n) is 5.68. The Hall–Kier alpha value is -1.02. The highest BCUT2D eigenvalue weighted by molar-refractivity contribution is 5.57. The molecule has 0 bridgehead atoms. The molecule has 0 aliphatic carbocycles. The van der Waals surface area contributed by atoms with E-state index in [2.05, 4.69) is 49.2 Å². The number of hydrogen-bond acceptors (Lipinski definition) is 2. The molecule has 0 saturated heterocycles. The fourth-order valence-electron chi connectivity index (χ4n) is 3.15. The van der Waals surface area contributed by atoms with Crippen molar-refractivity contribution >= 4 is 5.69 Å². The number of rotatable bonds is 6. The molecule has 1 N–H and O–H groups in total. The van der Waals surface area contributed by atoms with Gasteiger partial charge in [0.15, 0.2) is 0 Å². The number of anilines is 1. The van der Waals surface area contributed by atoms with Crippen molar-refractivity contribution in [2.45, 2.75) is 52.5 Å². The number of nitrogens with one attached hydrogen (secondary N) is 1. The summed E-state index contributed by atoms with van der Waals surface area (Å²) in [5, 5.41) is 3.53. The topological polar surface area (TPSA) is 15.3 Å². The third-order valence-corrected chi connectivity index (χ3v) is 4.08. The van der Waals surface area contributed by atoms with Crippen LogP contribution in [0.25, 0.3) is 0 Å². The maximum Gasteiger partial charge on any atom is 0.0414 e. The molecule has 1 aliphatic heterocycles. The van der Waals surface area contributed by atoms with E-state index in [1.54, 1.807) is 5.56 Å². The van der Waals surface area contributed by atoms with Gasteiger partial charge in [-0.2, -0.15) is 0 Å². The summed E-state index contributed by atoms with van der Waals surface area (Å²) in [5.74, 6) is 0. The summed E-state index contributed by atoms with van der Waals surface area (Å²) in [4.78, 5) is 2.64. The van der Waals surface area contributed by atoms with Crippen LogP contribution in [0.4, 0.5) is 5.69 Å². The molecule has 0 spiro atoms. The Labute approximate surface area is 118 Å². The number of likely N-dealkylation sites (N-methyl/N-ethyl adjacent to an activating group) is 1. The predicted molar refractivity (Wildman–Crippen MR) is 84.1 cm³/mol. The molecule has 1 unspecified atom stereocenters. The van der Waals surface area contributed by atoms with Crippen LogP contribution in [0.15, 0.2) is 18.2 Å². The van der Waals surface area contributed by atoms with Gasteiger partial charge in [0.1, 0.15) is 0 Å². The zero-order valence-corrected chi connectivity index (χ0v) is 12.7. The van der Waals surface area contributed by atoms with Crippen molar-refractivity contribution in [2.75, 3.05) is 24.5 Å². The van der Waals surface area contributed by atoms with Crippen LogP contribution >= 0.6 is 0 Å². The lowest BCUT2D eigenvalue weighted by atomic mass is 9.97. The smallest absolute Gasteiger partial charge is 0.0414 e. The molecule has 0 aromatic heterocycles. The van der Waals surface area contributed by atoms with Crippen molar-refractivity contribution in [1.29, 1.82) is 0 Å². The Balaban J connectivity index is 2.19. The number of aryl methyl sites for hydroxylation is 2. The molecule has 1 aromatic carbocycles. The third-order valence-electron chi connectivity index (χ3n) is 4.08. The molecule has 1 heterocycles. The Morgan fingerprint density at radius 3 is 2.89 bits per heavy atom. The lowest BCUT2D eigenvalue weighted by Gasteiger charge is -2.38. The van der Waals surface area contributed by atoms with Crippen LogP contribution in [-0.4, -0.2) is 25.7 Å². The van der Waals surface area contributed by atoms with E-state index in [4.69, 9.17) is 0 Å². The summed E-state index contributed by atoms with van der Waals surface area (Å²) in [6.45, 7) is 10.1. The van der Waals surface area contributed by atoms with E-state index >= 15 is 0 Å². The van der Waals surface area contributed by atoms with Crippen LogP contribution in [0.3, 0.4) is 0 Å². The Bertz CT molecular complexity index is 400. The fourth-order valence-corrected chi connectivity index (χ4v) is 3.15. The predicted octanol–water partition coefficient (Wildman–Crippen LogP) is 3.53. The number of nitrogens with zero attached hydrogens (tertiary/aromatic N) is 1. The quantitative estimate of drug-likeness (QED) is 0.842. The van der Waals surface area contributed by atoms with E-state index in [9.17, 15) is 0 Å². The van der Waals surface area contributed by atoms with Crippen molar-refractivity contribution in [2.24, 2.45) is 0 Å². The minimum Gasteiger partial charge on any atom is -0.367 e. The van der Waals surface area contributed by atoms with Gasteiger partial charge in [0.25, 0.3) is 0 Å². The first-order valence-electron chi connectivity index (χ1n) is 7.83. The van der Waals surface area contributed by atoms with Crippen molar-refractivity contribution in [3.05, 3.63) is 29.3 Å². The molecular formula is C17H28N2. The highest BCUT2D eigenvalue weighted by Crippen LogP contribution is 2.30. The monoisotopic (exact) mass is 260 g/mol. The van der Waals surface area contributed by atoms with E-state index in [0.717, 1.165) is 13.1 Å². The van der Waals surface area contributed by atoms with Crippen molar-refractivity contribution in [3.8, 4) is 0 Å². The van der Waals surface area contributed by atoms with Gasteiger partial charge in [-0.1, -0.05) is 38.0 Å². The molecule has 1 atom stereocenters. The molecule has 1 aromatic rings. The van der Waals surface area contributed by atoms with Gasteiger partial charge in [-0.05, 0) is 44.4 Å². The van der Waals surface area contributed by atoms with Crippen LogP contribution < -0.4 is 10.2 Å². The first-order chi connectivity index (χ1) is 9.26. The van der Waals surface area contributed by atoms with E-state index < -0.39 is 0 Å². The van der Waals surface area contributed by atoms with Gasteiger partial charge in [0.05, 0.1) is 0 Å². The van der Waals surface area contributed by atoms with E-state index in [1.807, 2.05) is 0 Å². The summed E-state index contributed by atoms with van der Waals surface area (Å²) < 4.78 is 0. The maximum atomic E-state index is 3.53. The zero-order valence-electron chi connectivity index (χ0n) is 12.7. The fraction of sp³-hybridized carbons (Fsp3) is 0.647. The lowest BCUT2D eigenvalue weighted by molar-refractivity contribution is 0.490. The van der Waals surface area contributed by atoms with Crippen LogP contribution in [0.1, 0.15) is 44.2 Å². The minimum absolute atomic E-state index is 0.645. The maximum absolute atomic E-state index is 3.53. The molecule has 2 heteroatoms. The normalized spacial score (nSPS) is 16.3. The van der Waals surface area contributed by atoms with Gasteiger partial charge >= 0.3 is 0 Å². The second-order valence-corrected chi connectivity index (χ2v) is 5.68.